The number of aromatic nitrogens is 3. The fourth-order valence-corrected chi connectivity index (χ4v) is 6.66. The smallest absolute Gasteiger partial charge is 0.286 e. The van der Waals surface area contributed by atoms with Gasteiger partial charge in [0.25, 0.3) is 5.56 Å². The van der Waals surface area contributed by atoms with E-state index in [1.54, 1.807) is 55.5 Å². The van der Waals surface area contributed by atoms with E-state index in [0.29, 0.717) is 22.5 Å². The first kappa shape index (κ1) is 31.9. The number of rotatable bonds is 11. The number of hydrogen-bond acceptors (Lipinski definition) is 7. The number of nitrogens with one attached hydrogen (secondary N) is 1. The van der Waals surface area contributed by atoms with Crippen LogP contribution >= 0.6 is 0 Å². The molecule has 6 rings (SSSR count). The summed E-state index contributed by atoms with van der Waals surface area (Å²) in [4.78, 5) is 32.9. The third kappa shape index (κ3) is 7.34. The summed E-state index contributed by atoms with van der Waals surface area (Å²) < 4.78 is 63.5. The van der Waals surface area contributed by atoms with Crippen molar-refractivity contribution < 1.29 is 26.7 Å². The van der Waals surface area contributed by atoms with Crippen LogP contribution in [-0.2, 0) is 38.9 Å². The van der Waals surface area contributed by atoms with E-state index in [1.807, 2.05) is 18.2 Å². The molecule has 240 valence electrons. The number of fused-ring (bicyclic) bond motifs is 1. The second-order valence-corrected chi connectivity index (χ2v) is 13.3. The van der Waals surface area contributed by atoms with Crippen LogP contribution in [0.5, 0.6) is 0 Å². The maximum atomic E-state index is 14.9. The van der Waals surface area contributed by atoms with Gasteiger partial charge in [0.05, 0.1) is 37.1 Å². The lowest BCUT2D eigenvalue weighted by Crippen LogP contribution is -2.23. The number of aryl methyl sites for hydroxylation is 1. The third-order valence-electron chi connectivity index (χ3n) is 7.82. The molecule has 1 atom stereocenters. The first-order valence-electron chi connectivity index (χ1n) is 14.9. The minimum Gasteiger partial charge on any atom is -0.369 e. The molecule has 0 radical (unpaired) electrons. The average Bonchev–Trinajstić information content (AvgIpc) is 3.43. The number of halogens is 2. The molecule has 3 aromatic carbocycles. The van der Waals surface area contributed by atoms with Crippen molar-refractivity contribution in [2.45, 2.75) is 44.2 Å². The first-order valence-corrected chi connectivity index (χ1v) is 16.5. The SMILES string of the molecule is Cc1cc(-c2cc(F)c(=O)n(Cc3ccc4c(c3)CC(=O)N4)c2)nc(S(=O)(=O)CCC(OCc2ccccc2F)c2ccccc2)n1. The third-order valence-corrected chi connectivity index (χ3v) is 9.33. The highest BCUT2D eigenvalue weighted by Crippen LogP contribution is 2.27. The molecule has 0 fully saturated rings. The van der Waals surface area contributed by atoms with Crippen molar-refractivity contribution in [1.82, 2.24) is 14.5 Å². The molecular weight excluding hydrogens is 626 g/mol. The second kappa shape index (κ2) is 13.3. The van der Waals surface area contributed by atoms with Gasteiger partial charge in [0.2, 0.25) is 20.9 Å². The van der Waals surface area contributed by atoms with Gasteiger partial charge >= 0.3 is 0 Å². The zero-order chi connectivity index (χ0) is 33.1. The summed E-state index contributed by atoms with van der Waals surface area (Å²) in [6.07, 6.45) is 1.01. The summed E-state index contributed by atoms with van der Waals surface area (Å²) in [6, 6.07) is 23.1. The number of carbonyl (C=O) groups is 1. The van der Waals surface area contributed by atoms with Crippen LogP contribution in [0.1, 0.15) is 40.5 Å². The van der Waals surface area contributed by atoms with E-state index in [-0.39, 0.29) is 48.9 Å². The Bertz CT molecular complexity index is 2140. The van der Waals surface area contributed by atoms with Crippen LogP contribution in [0.4, 0.5) is 14.5 Å². The molecule has 3 heterocycles. The van der Waals surface area contributed by atoms with E-state index in [9.17, 15) is 26.8 Å². The van der Waals surface area contributed by atoms with Crippen molar-refractivity contribution in [3.05, 3.63) is 141 Å². The molecule has 0 saturated heterocycles. The largest absolute Gasteiger partial charge is 0.369 e. The minimum atomic E-state index is -4.07. The van der Waals surface area contributed by atoms with E-state index in [2.05, 4.69) is 15.3 Å². The lowest BCUT2D eigenvalue weighted by Gasteiger charge is -2.19. The Morgan fingerprint density at radius 2 is 1.70 bits per heavy atom. The van der Waals surface area contributed by atoms with Crippen LogP contribution in [0.3, 0.4) is 0 Å². The highest BCUT2D eigenvalue weighted by atomic mass is 32.2. The predicted octanol–water partition coefficient (Wildman–Crippen LogP) is 5.56. The molecule has 2 aromatic heterocycles. The molecule has 1 N–H and O–H groups in total. The number of anilines is 1. The van der Waals surface area contributed by atoms with Gasteiger partial charge in [-0.05, 0) is 54.3 Å². The zero-order valence-electron chi connectivity index (χ0n) is 25.3. The molecule has 1 aliphatic heterocycles. The monoisotopic (exact) mass is 656 g/mol. The molecule has 1 unspecified atom stereocenters. The van der Waals surface area contributed by atoms with Crippen LogP contribution in [0.25, 0.3) is 11.3 Å². The lowest BCUT2D eigenvalue weighted by molar-refractivity contribution is -0.115. The normalized spacial score (nSPS) is 13.3. The molecule has 0 bridgehead atoms. The van der Waals surface area contributed by atoms with E-state index in [4.69, 9.17) is 4.74 Å². The Balaban J connectivity index is 1.24. The molecular formula is C35H30F2N4O5S. The van der Waals surface area contributed by atoms with Crippen molar-refractivity contribution >= 4 is 21.4 Å². The number of sulfone groups is 1. The van der Waals surface area contributed by atoms with E-state index in [0.717, 1.165) is 17.2 Å². The van der Waals surface area contributed by atoms with Crippen molar-refractivity contribution in [2.24, 2.45) is 0 Å². The first-order chi connectivity index (χ1) is 22.6. The average molecular weight is 657 g/mol. The van der Waals surface area contributed by atoms with Gasteiger partial charge in [0, 0.05) is 28.7 Å². The Morgan fingerprint density at radius 1 is 0.936 bits per heavy atom. The number of carbonyl (C=O) groups excluding carboxylic acids is 1. The predicted molar refractivity (Wildman–Crippen MR) is 171 cm³/mol. The highest BCUT2D eigenvalue weighted by Gasteiger charge is 2.24. The molecule has 0 saturated carbocycles. The van der Waals surface area contributed by atoms with Gasteiger partial charge in [-0.2, -0.15) is 0 Å². The minimum absolute atomic E-state index is 0.0219. The number of pyridine rings is 1. The zero-order valence-corrected chi connectivity index (χ0v) is 26.1. The van der Waals surface area contributed by atoms with Gasteiger partial charge in [0.1, 0.15) is 5.82 Å². The van der Waals surface area contributed by atoms with E-state index < -0.39 is 38.3 Å². The molecule has 12 heteroatoms. The number of ether oxygens (including phenoxy) is 1. The van der Waals surface area contributed by atoms with Gasteiger partial charge in [-0.25, -0.2) is 27.2 Å². The Hall–Kier alpha value is -5.07. The molecule has 47 heavy (non-hydrogen) atoms. The number of nitrogens with zero attached hydrogens (tertiary/aromatic N) is 3. The van der Waals surface area contributed by atoms with Crippen molar-refractivity contribution in [3.8, 4) is 11.3 Å². The van der Waals surface area contributed by atoms with Gasteiger partial charge < -0.3 is 14.6 Å². The van der Waals surface area contributed by atoms with Crippen LogP contribution in [0, 0.1) is 18.6 Å². The summed E-state index contributed by atoms with van der Waals surface area (Å²) in [5.74, 6) is -1.95. The Labute approximate surface area is 269 Å². The molecule has 5 aromatic rings. The topological polar surface area (TPSA) is 120 Å². The molecule has 0 spiro atoms. The van der Waals surface area contributed by atoms with Gasteiger partial charge in [-0.3, -0.25) is 9.59 Å². The number of benzene rings is 3. The maximum absolute atomic E-state index is 14.9. The lowest BCUT2D eigenvalue weighted by atomic mass is 10.1. The quantitative estimate of drug-likeness (QED) is 0.185. The van der Waals surface area contributed by atoms with E-state index in [1.165, 1.54) is 22.9 Å². The van der Waals surface area contributed by atoms with Crippen LogP contribution in [0.15, 0.2) is 101 Å². The summed E-state index contributed by atoms with van der Waals surface area (Å²) >= 11 is 0. The fourth-order valence-electron chi connectivity index (χ4n) is 5.44. The van der Waals surface area contributed by atoms with Gasteiger partial charge in [-0.15, -0.1) is 0 Å². The Morgan fingerprint density at radius 3 is 2.49 bits per heavy atom. The highest BCUT2D eigenvalue weighted by molar-refractivity contribution is 7.91. The number of amides is 1. The Kier molecular flexibility index (Phi) is 9.06. The van der Waals surface area contributed by atoms with Crippen LogP contribution in [0.2, 0.25) is 0 Å². The van der Waals surface area contributed by atoms with Crippen molar-refractivity contribution in [2.75, 3.05) is 11.1 Å². The van der Waals surface area contributed by atoms with Gasteiger partial charge in [0.15, 0.2) is 5.82 Å². The molecule has 1 aliphatic rings. The summed E-state index contributed by atoms with van der Waals surface area (Å²) in [5, 5.41) is 2.31. The van der Waals surface area contributed by atoms with Crippen molar-refractivity contribution in [3.63, 3.8) is 0 Å². The van der Waals surface area contributed by atoms with Crippen molar-refractivity contribution in [1.29, 1.82) is 0 Å². The second-order valence-electron chi connectivity index (χ2n) is 11.3. The summed E-state index contributed by atoms with van der Waals surface area (Å²) in [6.45, 7) is 1.56. The van der Waals surface area contributed by atoms with Gasteiger partial charge in [-0.1, -0.05) is 60.7 Å². The standard InChI is InChI=1S/C35H30F2N4O5S/c1-22-15-31(27-17-29(37)34(43)41(20-27)19-23-11-12-30-26(16-23)18-33(42)39-30)40-35(38-22)47(44,45)14-13-32(24-7-3-2-4-8-24)46-21-25-9-5-6-10-28(25)36/h2-12,15-17,20,32H,13-14,18-19,21H2,1H3,(H,39,42). The number of hydrogen-bond donors (Lipinski definition) is 1. The van der Waals surface area contributed by atoms with E-state index >= 15 is 0 Å². The fraction of sp³-hybridized carbons (Fsp3) is 0.200. The summed E-state index contributed by atoms with van der Waals surface area (Å²) in [7, 11) is -4.07. The van der Waals surface area contributed by atoms with Crippen LogP contribution < -0.4 is 10.9 Å². The summed E-state index contributed by atoms with van der Waals surface area (Å²) in [5.41, 5.74) is 3.04. The molecule has 9 nitrogen and oxygen atoms in total. The maximum Gasteiger partial charge on any atom is 0.286 e. The van der Waals surface area contributed by atoms with Crippen LogP contribution in [-0.4, -0.2) is 34.6 Å². The molecule has 1 amide bonds. The molecule has 0 aliphatic carbocycles.